The molecular weight excluding hydrogens is 255 g/mol. The van der Waals surface area contributed by atoms with Gasteiger partial charge in [0.05, 0.1) is 17.3 Å². The van der Waals surface area contributed by atoms with Crippen LogP contribution in [0.15, 0.2) is 41.0 Å². The Bertz CT molecular complexity index is 722. The fourth-order valence-corrected chi connectivity index (χ4v) is 2.45. The van der Waals surface area contributed by atoms with Gasteiger partial charge in [0.1, 0.15) is 5.30 Å². The summed E-state index contributed by atoms with van der Waals surface area (Å²) in [5, 5.41) is -0.165. The van der Waals surface area contributed by atoms with Crippen LogP contribution < -0.4 is 5.30 Å². The first-order valence-corrected chi connectivity index (χ1v) is 6.75. The number of para-hydroxylation sites is 2. The van der Waals surface area contributed by atoms with Crippen molar-refractivity contribution in [2.24, 2.45) is 0 Å². The van der Waals surface area contributed by atoms with E-state index in [0.29, 0.717) is 11.3 Å². The molecule has 0 bridgehead atoms. The molecule has 18 heavy (non-hydrogen) atoms. The zero-order valence-corrected chi connectivity index (χ0v) is 9.96. The highest BCUT2D eigenvalue weighted by Crippen LogP contribution is 2.37. The van der Waals surface area contributed by atoms with Gasteiger partial charge < -0.3 is 19.2 Å². The molecule has 0 unspecified atom stereocenters. The molecule has 6 nitrogen and oxygen atoms in total. The van der Waals surface area contributed by atoms with E-state index in [1.165, 1.54) is 12.3 Å². The van der Waals surface area contributed by atoms with Gasteiger partial charge in [0.15, 0.2) is 11.6 Å². The number of H-pyrrole nitrogens is 1. The monoisotopic (exact) mass is 264 g/mol. The predicted octanol–water partition coefficient (Wildman–Crippen LogP) is 1.63. The minimum atomic E-state index is -4.37. The number of benzene rings is 1. The minimum absolute atomic E-state index is 0.0690. The number of aromatic nitrogens is 2. The van der Waals surface area contributed by atoms with Gasteiger partial charge in [-0.15, -0.1) is 0 Å². The molecule has 1 aromatic carbocycles. The number of aromatic amines is 1. The predicted molar refractivity (Wildman–Crippen MR) is 65.5 cm³/mol. The van der Waals surface area contributed by atoms with E-state index in [2.05, 4.69) is 9.97 Å². The molecule has 0 aliphatic heterocycles. The SMILES string of the molecule is O=P(O)(O)c1ccoc1-c1nc2ccccc2[nH]1. The number of furan rings is 1. The van der Waals surface area contributed by atoms with Gasteiger partial charge in [-0.05, 0) is 18.2 Å². The van der Waals surface area contributed by atoms with Crippen LogP contribution in [0.5, 0.6) is 0 Å². The van der Waals surface area contributed by atoms with Crippen LogP contribution in [0.4, 0.5) is 0 Å². The Morgan fingerprint density at radius 3 is 2.72 bits per heavy atom. The lowest BCUT2D eigenvalue weighted by Crippen LogP contribution is -2.04. The van der Waals surface area contributed by atoms with Crippen molar-refractivity contribution in [2.45, 2.75) is 0 Å². The summed E-state index contributed by atoms with van der Waals surface area (Å²) in [4.78, 5) is 25.6. The molecule has 3 N–H and O–H groups in total. The largest absolute Gasteiger partial charge is 0.460 e. The van der Waals surface area contributed by atoms with Crippen LogP contribution in [0.3, 0.4) is 0 Å². The van der Waals surface area contributed by atoms with E-state index in [4.69, 9.17) is 4.42 Å². The highest BCUT2D eigenvalue weighted by atomic mass is 31.2. The molecule has 0 fully saturated rings. The summed E-state index contributed by atoms with van der Waals surface area (Å²) in [5.74, 6) is 0.374. The standard InChI is InChI=1S/C11H9N2O4P/c14-18(15,16)9-5-6-17-10(9)11-12-7-3-1-2-4-8(7)13-11/h1-6H,(H,12,13)(H2,14,15,16). The summed E-state index contributed by atoms with van der Waals surface area (Å²) in [6.07, 6.45) is 1.23. The summed E-state index contributed by atoms with van der Waals surface area (Å²) in [7, 11) is -4.37. The molecule has 3 aromatic rings. The van der Waals surface area contributed by atoms with Crippen LogP contribution in [-0.4, -0.2) is 19.8 Å². The summed E-state index contributed by atoms with van der Waals surface area (Å²) in [5.41, 5.74) is 1.49. The molecule has 0 aliphatic rings. The third-order valence-electron chi connectivity index (χ3n) is 2.56. The van der Waals surface area contributed by atoms with Gasteiger partial charge in [0.2, 0.25) is 0 Å². The van der Waals surface area contributed by atoms with Crippen LogP contribution in [0.25, 0.3) is 22.6 Å². The second kappa shape index (κ2) is 3.81. The maximum atomic E-state index is 11.3. The minimum Gasteiger partial charge on any atom is -0.460 e. The molecule has 0 saturated heterocycles. The van der Waals surface area contributed by atoms with E-state index in [-0.39, 0.29) is 11.1 Å². The lowest BCUT2D eigenvalue weighted by atomic mass is 10.3. The van der Waals surface area contributed by atoms with Crippen molar-refractivity contribution in [3.8, 4) is 11.6 Å². The van der Waals surface area contributed by atoms with Gasteiger partial charge >= 0.3 is 7.60 Å². The zero-order chi connectivity index (χ0) is 12.8. The molecule has 7 heteroatoms. The number of nitrogens with zero attached hydrogens (tertiary/aromatic N) is 1. The van der Waals surface area contributed by atoms with Crippen LogP contribution >= 0.6 is 7.60 Å². The van der Waals surface area contributed by atoms with Crippen LogP contribution in [0.1, 0.15) is 0 Å². The van der Waals surface area contributed by atoms with Gasteiger partial charge in [-0.2, -0.15) is 0 Å². The Morgan fingerprint density at radius 1 is 1.22 bits per heavy atom. The van der Waals surface area contributed by atoms with Crippen molar-refractivity contribution in [1.82, 2.24) is 9.97 Å². The molecule has 0 amide bonds. The number of hydrogen-bond acceptors (Lipinski definition) is 3. The van der Waals surface area contributed by atoms with E-state index in [9.17, 15) is 14.4 Å². The first-order chi connectivity index (χ1) is 8.55. The number of nitrogens with one attached hydrogen (secondary N) is 1. The van der Waals surface area contributed by atoms with E-state index in [1.54, 1.807) is 6.07 Å². The van der Waals surface area contributed by atoms with Crippen molar-refractivity contribution in [1.29, 1.82) is 0 Å². The van der Waals surface area contributed by atoms with Gasteiger partial charge in [0.25, 0.3) is 0 Å². The fraction of sp³-hybridized carbons (Fsp3) is 0. The smallest absolute Gasteiger partial charge is 0.360 e. The van der Waals surface area contributed by atoms with E-state index in [0.717, 1.165) is 5.52 Å². The van der Waals surface area contributed by atoms with Gasteiger partial charge in [-0.3, -0.25) is 4.57 Å². The average Bonchev–Trinajstić information content (AvgIpc) is 2.94. The van der Waals surface area contributed by atoms with Gasteiger partial charge in [-0.25, -0.2) is 4.98 Å². The molecule has 2 heterocycles. The maximum Gasteiger partial charge on any atom is 0.360 e. The van der Waals surface area contributed by atoms with Crippen LogP contribution in [0, 0.1) is 0 Å². The van der Waals surface area contributed by atoms with E-state index < -0.39 is 7.60 Å². The molecule has 0 atom stereocenters. The highest BCUT2D eigenvalue weighted by molar-refractivity contribution is 7.60. The normalized spacial score (nSPS) is 12.1. The summed E-state index contributed by atoms with van der Waals surface area (Å²) < 4.78 is 16.4. The topological polar surface area (TPSA) is 99.3 Å². The third-order valence-corrected chi connectivity index (χ3v) is 3.54. The number of imidazole rings is 1. The Balaban J connectivity index is 2.21. The lowest BCUT2D eigenvalue weighted by Gasteiger charge is -2.01. The van der Waals surface area contributed by atoms with Crippen LogP contribution in [-0.2, 0) is 4.57 Å². The molecule has 2 aromatic heterocycles. The maximum absolute atomic E-state index is 11.3. The van der Waals surface area contributed by atoms with E-state index in [1.807, 2.05) is 18.2 Å². The second-order valence-corrected chi connectivity index (χ2v) is 5.35. The molecular formula is C11H9N2O4P. The van der Waals surface area contributed by atoms with Crippen molar-refractivity contribution >= 4 is 23.9 Å². The van der Waals surface area contributed by atoms with Crippen molar-refractivity contribution in [3.63, 3.8) is 0 Å². The number of rotatable bonds is 2. The first-order valence-electron chi connectivity index (χ1n) is 5.14. The Kier molecular flexibility index (Phi) is 2.38. The molecule has 0 spiro atoms. The Hall–Kier alpha value is -1.88. The summed E-state index contributed by atoms with van der Waals surface area (Å²) in [6.45, 7) is 0. The fourth-order valence-electron chi connectivity index (χ4n) is 1.77. The average molecular weight is 264 g/mol. The Morgan fingerprint density at radius 2 is 2.00 bits per heavy atom. The molecule has 3 rings (SSSR count). The molecule has 0 radical (unpaired) electrons. The van der Waals surface area contributed by atoms with Crippen molar-refractivity contribution < 1.29 is 18.8 Å². The molecule has 0 saturated carbocycles. The van der Waals surface area contributed by atoms with Gasteiger partial charge in [-0.1, -0.05) is 12.1 Å². The lowest BCUT2D eigenvalue weighted by molar-refractivity contribution is 0.387. The molecule has 92 valence electrons. The van der Waals surface area contributed by atoms with Crippen LogP contribution in [0.2, 0.25) is 0 Å². The summed E-state index contributed by atoms with van der Waals surface area (Å²) >= 11 is 0. The summed E-state index contributed by atoms with van der Waals surface area (Å²) in [6, 6.07) is 8.56. The van der Waals surface area contributed by atoms with Crippen molar-refractivity contribution in [2.75, 3.05) is 0 Å². The quantitative estimate of drug-likeness (QED) is 0.611. The number of hydrogen-bond donors (Lipinski definition) is 3. The number of fused-ring (bicyclic) bond motifs is 1. The second-order valence-electron chi connectivity index (χ2n) is 3.78. The van der Waals surface area contributed by atoms with E-state index >= 15 is 0 Å². The first kappa shape index (κ1) is 11.2. The Labute approximate surface area is 101 Å². The third kappa shape index (κ3) is 1.76. The van der Waals surface area contributed by atoms with Crippen molar-refractivity contribution in [3.05, 3.63) is 36.6 Å². The highest BCUT2D eigenvalue weighted by Gasteiger charge is 2.26. The van der Waals surface area contributed by atoms with Gasteiger partial charge in [0, 0.05) is 0 Å². The molecule has 0 aliphatic carbocycles. The zero-order valence-electron chi connectivity index (χ0n) is 9.07.